The standard InChI is InChI=1S/C9H15NO2/c1-7(2)9(12)5-6-10(4)8(3)11/h5-7H,1-4H3. The minimum atomic E-state index is -0.0807. The van der Waals surface area contributed by atoms with Crippen molar-refractivity contribution in [1.29, 1.82) is 0 Å². The van der Waals surface area contributed by atoms with Crippen molar-refractivity contribution in [1.82, 2.24) is 4.90 Å². The van der Waals surface area contributed by atoms with E-state index in [1.807, 2.05) is 13.8 Å². The SMILES string of the molecule is CC(=O)N(C)C=CC(=O)C(C)C. The van der Waals surface area contributed by atoms with Crippen molar-refractivity contribution in [2.75, 3.05) is 7.05 Å². The van der Waals surface area contributed by atoms with E-state index >= 15 is 0 Å². The van der Waals surface area contributed by atoms with E-state index in [1.54, 1.807) is 7.05 Å². The molecule has 68 valence electrons. The quantitative estimate of drug-likeness (QED) is 0.595. The Morgan fingerprint density at radius 3 is 2.17 bits per heavy atom. The maximum absolute atomic E-state index is 11.0. The van der Waals surface area contributed by atoms with Gasteiger partial charge < -0.3 is 4.90 Å². The fraction of sp³-hybridized carbons (Fsp3) is 0.556. The molecule has 0 heterocycles. The molecular weight excluding hydrogens is 154 g/mol. The summed E-state index contributed by atoms with van der Waals surface area (Å²) >= 11 is 0. The van der Waals surface area contributed by atoms with Gasteiger partial charge in [-0.2, -0.15) is 0 Å². The van der Waals surface area contributed by atoms with E-state index in [1.165, 1.54) is 24.1 Å². The van der Waals surface area contributed by atoms with E-state index in [2.05, 4.69) is 0 Å². The minimum Gasteiger partial charge on any atom is -0.322 e. The van der Waals surface area contributed by atoms with Crippen LogP contribution in [0.1, 0.15) is 20.8 Å². The van der Waals surface area contributed by atoms with Crippen molar-refractivity contribution >= 4 is 11.7 Å². The topological polar surface area (TPSA) is 37.4 Å². The normalized spacial score (nSPS) is 10.8. The number of amides is 1. The van der Waals surface area contributed by atoms with E-state index in [9.17, 15) is 9.59 Å². The van der Waals surface area contributed by atoms with Gasteiger partial charge in [-0.15, -0.1) is 0 Å². The summed E-state index contributed by atoms with van der Waals surface area (Å²) in [4.78, 5) is 23.1. The summed E-state index contributed by atoms with van der Waals surface area (Å²) in [6.07, 6.45) is 2.91. The van der Waals surface area contributed by atoms with Gasteiger partial charge in [0.05, 0.1) is 0 Å². The van der Waals surface area contributed by atoms with E-state index in [0.717, 1.165) is 0 Å². The van der Waals surface area contributed by atoms with E-state index in [0.29, 0.717) is 0 Å². The second kappa shape index (κ2) is 4.70. The molecule has 0 rings (SSSR count). The first-order valence-electron chi connectivity index (χ1n) is 3.90. The van der Waals surface area contributed by atoms with Crippen molar-refractivity contribution < 1.29 is 9.59 Å². The van der Waals surface area contributed by atoms with Crippen molar-refractivity contribution in [3.8, 4) is 0 Å². The fourth-order valence-electron chi connectivity index (χ4n) is 0.483. The maximum Gasteiger partial charge on any atom is 0.223 e. The van der Waals surface area contributed by atoms with Crippen molar-refractivity contribution in [3.05, 3.63) is 12.3 Å². The molecule has 3 heteroatoms. The fourth-order valence-corrected chi connectivity index (χ4v) is 0.483. The summed E-state index contributed by atoms with van der Waals surface area (Å²) in [5.74, 6) is -0.0625. The van der Waals surface area contributed by atoms with Crippen LogP contribution in [0.5, 0.6) is 0 Å². The van der Waals surface area contributed by atoms with Gasteiger partial charge in [0.2, 0.25) is 5.91 Å². The predicted octanol–water partition coefficient (Wildman–Crippen LogP) is 1.20. The van der Waals surface area contributed by atoms with Crippen molar-refractivity contribution in [3.63, 3.8) is 0 Å². The molecule has 0 atom stereocenters. The monoisotopic (exact) mass is 169 g/mol. The average Bonchev–Trinajstić information content (AvgIpc) is 1.98. The first-order valence-corrected chi connectivity index (χ1v) is 3.90. The molecule has 0 aliphatic heterocycles. The molecule has 0 unspecified atom stereocenters. The van der Waals surface area contributed by atoms with Crippen LogP contribution in [0.15, 0.2) is 12.3 Å². The van der Waals surface area contributed by atoms with Crippen LogP contribution in [0, 0.1) is 5.92 Å². The minimum absolute atomic E-state index is 0.0124. The third-order valence-corrected chi connectivity index (χ3v) is 1.53. The number of carbonyl (C=O) groups excluding carboxylic acids is 2. The highest BCUT2D eigenvalue weighted by atomic mass is 16.2. The summed E-state index contributed by atoms with van der Waals surface area (Å²) in [6.45, 7) is 5.09. The lowest BCUT2D eigenvalue weighted by molar-refractivity contribution is -0.125. The van der Waals surface area contributed by atoms with E-state index in [-0.39, 0.29) is 17.6 Å². The van der Waals surface area contributed by atoms with Crippen LogP contribution in [0.25, 0.3) is 0 Å². The second-order valence-corrected chi connectivity index (χ2v) is 3.00. The van der Waals surface area contributed by atoms with Gasteiger partial charge in [0, 0.05) is 26.1 Å². The molecule has 0 aliphatic carbocycles. The molecule has 12 heavy (non-hydrogen) atoms. The number of hydrogen-bond donors (Lipinski definition) is 0. The number of nitrogens with zero attached hydrogens (tertiary/aromatic N) is 1. The van der Waals surface area contributed by atoms with Crippen LogP contribution in [-0.2, 0) is 9.59 Å². The van der Waals surface area contributed by atoms with E-state index in [4.69, 9.17) is 0 Å². The predicted molar refractivity (Wildman–Crippen MR) is 47.4 cm³/mol. The molecule has 3 nitrogen and oxygen atoms in total. The van der Waals surface area contributed by atoms with Crippen LogP contribution < -0.4 is 0 Å². The summed E-state index contributed by atoms with van der Waals surface area (Å²) in [6, 6.07) is 0. The number of rotatable bonds is 3. The van der Waals surface area contributed by atoms with Gasteiger partial charge in [-0.25, -0.2) is 0 Å². The number of ketones is 1. The van der Waals surface area contributed by atoms with Crippen LogP contribution in [0.3, 0.4) is 0 Å². The Morgan fingerprint density at radius 2 is 1.83 bits per heavy atom. The maximum atomic E-state index is 11.0. The Kier molecular flexibility index (Phi) is 4.26. The third-order valence-electron chi connectivity index (χ3n) is 1.53. The van der Waals surface area contributed by atoms with Crippen LogP contribution in [0.4, 0.5) is 0 Å². The highest BCUT2D eigenvalue weighted by molar-refractivity contribution is 5.91. The highest BCUT2D eigenvalue weighted by Crippen LogP contribution is 1.96. The lowest BCUT2D eigenvalue weighted by Crippen LogP contribution is -2.17. The first kappa shape index (κ1) is 10.9. The molecule has 0 aromatic carbocycles. The van der Waals surface area contributed by atoms with Crippen molar-refractivity contribution in [2.45, 2.75) is 20.8 Å². The molecule has 0 aliphatic rings. The summed E-state index contributed by atoms with van der Waals surface area (Å²) in [5, 5.41) is 0. The highest BCUT2D eigenvalue weighted by Gasteiger charge is 2.02. The van der Waals surface area contributed by atoms with Crippen molar-refractivity contribution in [2.24, 2.45) is 5.92 Å². The molecular formula is C9H15NO2. The van der Waals surface area contributed by atoms with Gasteiger partial charge in [-0.3, -0.25) is 9.59 Å². The Balaban J connectivity index is 4.07. The molecule has 0 aromatic heterocycles. The first-order chi connectivity index (χ1) is 5.45. The van der Waals surface area contributed by atoms with Gasteiger partial charge in [0.15, 0.2) is 5.78 Å². The van der Waals surface area contributed by atoms with Gasteiger partial charge in [-0.1, -0.05) is 13.8 Å². The Labute approximate surface area is 73.1 Å². The van der Waals surface area contributed by atoms with Crippen LogP contribution in [-0.4, -0.2) is 23.6 Å². The van der Waals surface area contributed by atoms with Crippen LogP contribution in [0.2, 0.25) is 0 Å². The zero-order valence-corrected chi connectivity index (χ0v) is 8.00. The molecule has 0 fully saturated rings. The van der Waals surface area contributed by atoms with Gasteiger partial charge in [-0.05, 0) is 6.08 Å². The Hall–Kier alpha value is -1.12. The van der Waals surface area contributed by atoms with Gasteiger partial charge >= 0.3 is 0 Å². The lowest BCUT2D eigenvalue weighted by atomic mass is 10.1. The largest absolute Gasteiger partial charge is 0.322 e. The summed E-state index contributed by atoms with van der Waals surface area (Å²) in [7, 11) is 1.62. The Morgan fingerprint density at radius 1 is 1.33 bits per heavy atom. The molecule has 0 bridgehead atoms. The third kappa shape index (κ3) is 3.91. The number of allylic oxidation sites excluding steroid dienone is 1. The van der Waals surface area contributed by atoms with Gasteiger partial charge in [0.1, 0.15) is 0 Å². The van der Waals surface area contributed by atoms with Crippen LogP contribution >= 0.6 is 0 Å². The molecule has 0 saturated carbocycles. The molecule has 0 N–H and O–H groups in total. The molecule has 0 aromatic rings. The van der Waals surface area contributed by atoms with E-state index < -0.39 is 0 Å². The summed E-state index contributed by atoms with van der Waals surface area (Å²) in [5.41, 5.74) is 0. The number of hydrogen-bond acceptors (Lipinski definition) is 2. The average molecular weight is 169 g/mol. The zero-order chi connectivity index (χ0) is 9.72. The smallest absolute Gasteiger partial charge is 0.223 e. The molecule has 1 amide bonds. The van der Waals surface area contributed by atoms with Gasteiger partial charge in [0.25, 0.3) is 0 Å². The number of carbonyl (C=O) groups is 2. The zero-order valence-electron chi connectivity index (χ0n) is 8.00. The lowest BCUT2D eigenvalue weighted by Gasteiger charge is -2.07. The molecule has 0 spiro atoms. The molecule has 0 radical (unpaired) electrons. The second-order valence-electron chi connectivity index (χ2n) is 3.00. The Bertz CT molecular complexity index is 207. The summed E-state index contributed by atoms with van der Waals surface area (Å²) < 4.78 is 0. The molecule has 0 saturated heterocycles.